The second kappa shape index (κ2) is 9.80. The lowest BCUT2D eigenvalue weighted by atomic mass is 10.1. The summed E-state index contributed by atoms with van der Waals surface area (Å²) in [4.78, 5) is 18.2. The van der Waals surface area contributed by atoms with Crippen molar-refractivity contribution < 1.29 is 9.21 Å². The van der Waals surface area contributed by atoms with E-state index in [4.69, 9.17) is 9.52 Å². The van der Waals surface area contributed by atoms with Crippen molar-refractivity contribution in [3.63, 3.8) is 0 Å². The van der Waals surface area contributed by atoms with E-state index in [0.717, 1.165) is 36.0 Å². The summed E-state index contributed by atoms with van der Waals surface area (Å²) in [6.07, 6.45) is 2.41. The lowest BCUT2D eigenvalue weighted by Crippen LogP contribution is -2.41. The van der Waals surface area contributed by atoms with Crippen molar-refractivity contribution in [2.75, 3.05) is 33.2 Å². The van der Waals surface area contributed by atoms with Crippen LogP contribution in [0.2, 0.25) is 0 Å². The molecule has 0 radical (unpaired) electrons. The molecule has 0 bridgehead atoms. The molecule has 1 aliphatic rings. The molecule has 166 valence electrons. The molecule has 0 saturated carbocycles. The van der Waals surface area contributed by atoms with Crippen LogP contribution in [0.3, 0.4) is 0 Å². The van der Waals surface area contributed by atoms with Gasteiger partial charge in [0.05, 0.1) is 28.9 Å². The van der Waals surface area contributed by atoms with Crippen molar-refractivity contribution in [1.29, 1.82) is 0 Å². The lowest BCUT2D eigenvalue weighted by Gasteiger charge is -2.31. The van der Waals surface area contributed by atoms with E-state index >= 15 is 0 Å². The highest BCUT2D eigenvalue weighted by molar-refractivity contribution is 7.13. The number of hydrogen-bond donors (Lipinski definition) is 1. The van der Waals surface area contributed by atoms with Crippen LogP contribution in [0.5, 0.6) is 0 Å². The summed E-state index contributed by atoms with van der Waals surface area (Å²) < 4.78 is 7.95. The van der Waals surface area contributed by atoms with Gasteiger partial charge in [0.1, 0.15) is 11.5 Å². The summed E-state index contributed by atoms with van der Waals surface area (Å²) >= 11 is 1.71. The first-order chi connectivity index (χ1) is 15.0. The number of likely N-dealkylation sites (tertiary alicyclic amines) is 1. The van der Waals surface area contributed by atoms with Crippen molar-refractivity contribution in [1.82, 2.24) is 24.9 Å². The fourth-order valence-corrected chi connectivity index (χ4v) is 5.04. The summed E-state index contributed by atoms with van der Waals surface area (Å²) in [5.74, 6) is 1.90. The maximum Gasteiger partial charge on any atom is 0.233 e. The van der Waals surface area contributed by atoms with Gasteiger partial charge in [0, 0.05) is 27.2 Å². The number of nitrogens with zero attached hydrogens (tertiary/aromatic N) is 4. The first-order valence-corrected chi connectivity index (χ1v) is 11.7. The Morgan fingerprint density at radius 2 is 2.13 bits per heavy atom. The van der Waals surface area contributed by atoms with E-state index in [2.05, 4.69) is 44.8 Å². The smallest absolute Gasteiger partial charge is 0.233 e. The first-order valence-electron chi connectivity index (χ1n) is 10.8. The molecule has 1 amide bonds. The molecular formula is C23H31N5O2S. The van der Waals surface area contributed by atoms with Gasteiger partial charge in [0.25, 0.3) is 0 Å². The predicted molar refractivity (Wildman–Crippen MR) is 123 cm³/mol. The van der Waals surface area contributed by atoms with E-state index in [1.165, 1.54) is 17.7 Å². The summed E-state index contributed by atoms with van der Waals surface area (Å²) in [6.45, 7) is 5.74. The van der Waals surface area contributed by atoms with Crippen molar-refractivity contribution in [3.05, 3.63) is 52.9 Å². The second-order valence-electron chi connectivity index (χ2n) is 8.17. The molecule has 3 aromatic rings. The predicted octanol–water partition coefficient (Wildman–Crippen LogP) is 3.44. The number of nitrogens with one attached hydrogen (secondary N) is 1. The molecule has 1 fully saturated rings. The van der Waals surface area contributed by atoms with E-state index < -0.39 is 0 Å². The molecule has 1 N–H and O–H groups in total. The quantitative estimate of drug-likeness (QED) is 0.551. The third-order valence-electron chi connectivity index (χ3n) is 5.84. The molecule has 1 saturated heterocycles. The summed E-state index contributed by atoms with van der Waals surface area (Å²) in [5, 5.41) is 9.57. The van der Waals surface area contributed by atoms with Gasteiger partial charge in [-0.15, -0.1) is 11.3 Å². The van der Waals surface area contributed by atoms with Gasteiger partial charge in [0.15, 0.2) is 0 Å². The Balaban J connectivity index is 1.56. The van der Waals surface area contributed by atoms with Gasteiger partial charge in [0.2, 0.25) is 5.91 Å². The largest absolute Gasteiger partial charge is 0.465 e. The minimum atomic E-state index is 0.00482. The minimum Gasteiger partial charge on any atom is -0.465 e. The fraction of sp³-hybridized carbons (Fsp3) is 0.478. The third-order valence-corrected chi connectivity index (χ3v) is 6.73. The Hall–Kier alpha value is -2.42. The topological polar surface area (TPSA) is 66.5 Å². The Labute approximate surface area is 187 Å². The Morgan fingerprint density at radius 1 is 1.32 bits per heavy atom. The van der Waals surface area contributed by atoms with Crippen molar-refractivity contribution >= 4 is 17.2 Å². The molecule has 8 heteroatoms. The van der Waals surface area contributed by atoms with Crippen LogP contribution in [0.25, 0.3) is 10.6 Å². The van der Waals surface area contributed by atoms with Crippen LogP contribution in [0.1, 0.15) is 36.1 Å². The minimum absolute atomic E-state index is 0.00482. The van der Waals surface area contributed by atoms with Crippen molar-refractivity contribution in [2.24, 2.45) is 7.05 Å². The average Bonchev–Trinajstić information content (AvgIpc) is 3.54. The number of amides is 1. The number of rotatable bonds is 9. The first kappa shape index (κ1) is 21.8. The molecule has 0 aromatic carbocycles. The molecule has 0 aliphatic carbocycles. The van der Waals surface area contributed by atoms with Crippen LogP contribution in [0, 0.1) is 6.92 Å². The molecule has 1 aliphatic heterocycles. The number of aryl methyl sites for hydroxylation is 2. The monoisotopic (exact) mass is 441 g/mol. The SMILES string of the molecule is CNC(=O)CN(Cc1cc(-c2cccs2)n(C)n1)CC(c1ccc(C)o1)N1CCCC1. The van der Waals surface area contributed by atoms with Crippen LogP contribution < -0.4 is 5.32 Å². The zero-order valence-electron chi connectivity index (χ0n) is 18.5. The van der Waals surface area contributed by atoms with Gasteiger partial charge >= 0.3 is 0 Å². The number of carbonyl (C=O) groups is 1. The van der Waals surface area contributed by atoms with Crippen LogP contribution in [-0.2, 0) is 18.4 Å². The molecule has 1 unspecified atom stereocenters. The molecule has 4 rings (SSSR count). The molecule has 3 aromatic heterocycles. The maximum absolute atomic E-state index is 12.3. The second-order valence-corrected chi connectivity index (χ2v) is 9.12. The van der Waals surface area contributed by atoms with Gasteiger partial charge < -0.3 is 9.73 Å². The van der Waals surface area contributed by atoms with Crippen LogP contribution in [0.4, 0.5) is 0 Å². The van der Waals surface area contributed by atoms with Crippen molar-refractivity contribution in [3.8, 4) is 10.6 Å². The zero-order chi connectivity index (χ0) is 21.8. The fourth-order valence-electron chi connectivity index (χ4n) is 4.27. The van der Waals surface area contributed by atoms with E-state index in [-0.39, 0.29) is 11.9 Å². The van der Waals surface area contributed by atoms with E-state index in [1.807, 2.05) is 24.7 Å². The molecule has 31 heavy (non-hydrogen) atoms. The zero-order valence-corrected chi connectivity index (χ0v) is 19.3. The average molecular weight is 442 g/mol. The van der Waals surface area contributed by atoms with Gasteiger partial charge in [-0.3, -0.25) is 19.3 Å². The van der Waals surface area contributed by atoms with Gasteiger partial charge in [-0.2, -0.15) is 5.10 Å². The van der Waals surface area contributed by atoms with Crippen LogP contribution >= 0.6 is 11.3 Å². The highest BCUT2D eigenvalue weighted by Gasteiger charge is 2.29. The number of thiophene rings is 1. The Morgan fingerprint density at radius 3 is 2.77 bits per heavy atom. The van der Waals surface area contributed by atoms with Gasteiger partial charge in [-0.1, -0.05) is 6.07 Å². The Kier molecular flexibility index (Phi) is 6.89. The molecule has 1 atom stereocenters. The standard InChI is InChI=1S/C23H31N5O2S/c1-17-8-9-21(30-17)20(28-10-4-5-11-28)15-27(16-23(29)24-2)14-18-13-19(26(3)25-18)22-7-6-12-31-22/h6-9,12-13,20H,4-5,10-11,14-16H2,1-3H3,(H,24,29). The van der Waals surface area contributed by atoms with E-state index in [0.29, 0.717) is 19.6 Å². The van der Waals surface area contributed by atoms with Crippen LogP contribution in [-0.4, -0.2) is 58.7 Å². The van der Waals surface area contributed by atoms with Crippen LogP contribution in [0.15, 0.2) is 40.1 Å². The molecule has 4 heterocycles. The third kappa shape index (κ3) is 5.26. The highest BCUT2D eigenvalue weighted by atomic mass is 32.1. The van der Waals surface area contributed by atoms with Crippen molar-refractivity contribution in [2.45, 2.75) is 32.4 Å². The van der Waals surface area contributed by atoms with E-state index in [9.17, 15) is 4.79 Å². The maximum atomic E-state index is 12.3. The summed E-state index contributed by atoms with van der Waals surface area (Å²) in [6, 6.07) is 10.5. The summed E-state index contributed by atoms with van der Waals surface area (Å²) in [7, 11) is 3.66. The number of carbonyl (C=O) groups excluding carboxylic acids is 1. The molecule has 0 spiro atoms. The number of hydrogen-bond acceptors (Lipinski definition) is 6. The number of aromatic nitrogens is 2. The Bertz CT molecular complexity index is 988. The van der Waals surface area contributed by atoms with Gasteiger partial charge in [-0.05, 0) is 62.5 Å². The normalized spacial score (nSPS) is 15.6. The summed E-state index contributed by atoms with van der Waals surface area (Å²) in [5.41, 5.74) is 2.06. The molecule has 7 nitrogen and oxygen atoms in total. The van der Waals surface area contributed by atoms with E-state index in [1.54, 1.807) is 18.4 Å². The number of likely N-dealkylation sites (N-methyl/N-ethyl adjacent to an activating group) is 1. The lowest BCUT2D eigenvalue weighted by molar-refractivity contribution is -0.122. The molecular weight excluding hydrogens is 410 g/mol. The van der Waals surface area contributed by atoms with Gasteiger partial charge in [-0.25, -0.2) is 0 Å². The number of furan rings is 1. The highest BCUT2D eigenvalue weighted by Crippen LogP contribution is 2.29.